The maximum Gasteiger partial charge on any atom is 0.143 e. The molecule has 0 saturated heterocycles. The molecule has 18 heavy (non-hydrogen) atoms. The minimum Gasteiger partial charge on any atom is -0.299 e. The van der Waals surface area contributed by atoms with Crippen LogP contribution in [-0.2, 0) is 17.6 Å². The normalized spacial score (nSPS) is 10.3. The second-order valence-corrected chi connectivity index (χ2v) is 4.79. The zero-order valence-electron chi connectivity index (χ0n) is 9.57. The number of benzene rings is 1. The Kier molecular flexibility index (Phi) is 4.34. The molecule has 0 aliphatic heterocycles. The van der Waals surface area contributed by atoms with Gasteiger partial charge in [-0.05, 0) is 29.8 Å². The van der Waals surface area contributed by atoms with Crippen molar-refractivity contribution in [1.82, 2.24) is 4.98 Å². The van der Waals surface area contributed by atoms with Crippen molar-refractivity contribution in [3.63, 3.8) is 0 Å². The van der Waals surface area contributed by atoms with Crippen molar-refractivity contribution in [2.24, 2.45) is 0 Å². The van der Waals surface area contributed by atoms with Crippen molar-refractivity contribution in [1.29, 1.82) is 0 Å². The largest absolute Gasteiger partial charge is 0.299 e. The van der Waals surface area contributed by atoms with Gasteiger partial charge in [0.1, 0.15) is 10.9 Å². The predicted octanol–water partition coefficient (Wildman–Crippen LogP) is 3.74. The van der Waals surface area contributed by atoms with E-state index in [0.29, 0.717) is 28.7 Å². The molecule has 92 valence electrons. The first kappa shape index (κ1) is 13.1. The third-order valence-corrected chi connectivity index (χ3v) is 2.93. The van der Waals surface area contributed by atoms with Crippen molar-refractivity contribution >= 4 is 29.0 Å². The second kappa shape index (κ2) is 5.98. The number of Topliss-reactive ketones (excluding diaryl/α,β-unsaturated/α-hetero) is 1. The van der Waals surface area contributed by atoms with E-state index in [1.165, 1.54) is 0 Å². The van der Waals surface area contributed by atoms with Crippen LogP contribution in [0.15, 0.2) is 42.5 Å². The van der Waals surface area contributed by atoms with E-state index >= 15 is 0 Å². The van der Waals surface area contributed by atoms with Gasteiger partial charge in [-0.3, -0.25) is 4.79 Å². The van der Waals surface area contributed by atoms with Gasteiger partial charge in [0.25, 0.3) is 0 Å². The van der Waals surface area contributed by atoms with Gasteiger partial charge in [-0.25, -0.2) is 4.98 Å². The third kappa shape index (κ3) is 3.83. The van der Waals surface area contributed by atoms with Crippen LogP contribution in [0, 0.1) is 0 Å². The molecule has 2 aromatic rings. The minimum atomic E-state index is 0.104. The smallest absolute Gasteiger partial charge is 0.143 e. The van der Waals surface area contributed by atoms with Crippen LogP contribution in [0.3, 0.4) is 0 Å². The van der Waals surface area contributed by atoms with E-state index in [1.54, 1.807) is 30.3 Å². The molecule has 2 nitrogen and oxygen atoms in total. The van der Waals surface area contributed by atoms with Crippen LogP contribution in [0.25, 0.3) is 0 Å². The summed E-state index contributed by atoms with van der Waals surface area (Å²) in [6, 6.07) is 12.5. The fourth-order valence-electron chi connectivity index (χ4n) is 1.64. The highest BCUT2D eigenvalue weighted by Crippen LogP contribution is 2.11. The summed E-state index contributed by atoms with van der Waals surface area (Å²) in [4.78, 5) is 16.0. The lowest BCUT2D eigenvalue weighted by molar-refractivity contribution is -0.117. The molecule has 0 aliphatic carbocycles. The van der Waals surface area contributed by atoms with E-state index in [-0.39, 0.29) is 5.78 Å². The molecular weight excluding hydrogens is 269 g/mol. The van der Waals surface area contributed by atoms with Crippen molar-refractivity contribution in [2.75, 3.05) is 0 Å². The molecule has 1 heterocycles. The SMILES string of the molecule is O=C(Cc1ccc(Cl)cc1)Cc1cccc(Cl)n1. The molecule has 1 aromatic heterocycles. The molecule has 0 fully saturated rings. The van der Waals surface area contributed by atoms with Gasteiger partial charge in [0, 0.05) is 23.6 Å². The van der Waals surface area contributed by atoms with Crippen LogP contribution in [0.5, 0.6) is 0 Å². The molecule has 0 saturated carbocycles. The van der Waals surface area contributed by atoms with Crippen molar-refractivity contribution in [2.45, 2.75) is 12.8 Å². The number of ketones is 1. The van der Waals surface area contributed by atoms with Crippen LogP contribution in [0.2, 0.25) is 10.2 Å². The average Bonchev–Trinajstić information content (AvgIpc) is 2.32. The first-order valence-electron chi connectivity index (χ1n) is 5.51. The maximum absolute atomic E-state index is 11.9. The zero-order chi connectivity index (χ0) is 13.0. The Bertz CT molecular complexity index is 552. The molecule has 1 aromatic carbocycles. The number of pyridine rings is 1. The number of halogens is 2. The number of hydrogen-bond donors (Lipinski definition) is 0. The summed E-state index contributed by atoms with van der Waals surface area (Å²) in [5.74, 6) is 0.104. The summed E-state index contributed by atoms with van der Waals surface area (Å²) < 4.78 is 0. The Labute approximate surface area is 116 Å². The predicted molar refractivity (Wildman–Crippen MR) is 73.1 cm³/mol. The lowest BCUT2D eigenvalue weighted by Gasteiger charge is -2.02. The van der Waals surface area contributed by atoms with E-state index in [9.17, 15) is 4.79 Å². The van der Waals surface area contributed by atoms with E-state index in [1.807, 2.05) is 12.1 Å². The van der Waals surface area contributed by atoms with Gasteiger partial charge in [-0.1, -0.05) is 41.4 Å². The average molecular weight is 280 g/mol. The highest BCUT2D eigenvalue weighted by atomic mass is 35.5. The number of carbonyl (C=O) groups excluding carboxylic acids is 1. The molecule has 0 radical (unpaired) electrons. The molecule has 0 amide bonds. The van der Waals surface area contributed by atoms with E-state index in [4.69, 9.17) is 23.2 Å². The minimum absolute atomic E-state index is 0.104. The summed E-state index contributed by atoms with van der Waals surface area (Å²) in [6.45, 7) is 0. The van der Waals surface area contributed by atoms with Crippen molar-refractivity contribution in [3.8, 4) is 0 Å². The van der Waals surface area contributed by atoms with Gasteiger partial charge in [0.2, 0.25) is 0 Å². The summed E-state index contributed by atoms with van der Waals surface area (Å²) in [5, 5.41) is 1.08. The van der Waals surface area contributed by atoms with E-state index < -0.39 is 0 Å². The number of aromatic nitrogens is 1. The summed E-state index contributed by atoms with van der Waals surface area (Å²) >= 11 is 11.6. The van der Waals surface area contributed by atoms with Crippen LogP contribution in [0.1, 0.15) is 11.3 Å². The Morgan fingerprint density at radius 3 is 2.39 bits per heavy atom. The molecule has 2 rings (SSSR count). The highest BCUT2D eigenvalue weighted by Gasteiger charge is 2.06. The molecule has 0 N–H and O–H groups in total. The fourth-order valence-corrected chi connectivity index (χ4v) is 1.95. The molecule has 0 spiro atoms. The first-order chi connectivity index (χ1) is 8.63. The van der Waals surface area contributed by atoms with Gasteiger partial charge in [0.05, 0.1) is 0 Å². The standard InChI is InChI=1S/C14H11Cl2NO/c15-11-6-4-10(5-7-11)8-13(18)9-12-2-1-3-14(16)17-12/h1-7H,8-9H2. The fraction of sp³-hybridized carbons (Fsp3) is 0.143. The highest BCUT2D eigenvalue weighted by molar-refractivity contribution is 6.30. The number of nitrogens with zero attached hydrogens (tertiary/aromatic N) is 1. The van der Waals surface area contributed by atoms with Gasteiger partial charge in [-0.2, -0.15) is 0 Å². The Balaban J connectivity index is 1.98. The topological polar surface area (TPSA) is 30.0 Å². The molecular formula is C14H11Cl2NO. The summed E-state index contributed by atoms with van der Waals surface area (Å²) in [5.41, 5.74) is 1.65. The van der Waals surface area contributed by atoms with E-state index in [2.05, 4.69) is 4.98 Å². The first-order valence-corrected chi connectivity index (χ1v) is 6.26. The molecule has 0 atom stereocenters. The Morgan fingerprint density at radius 2 is 1.72 bits per heavy atom. The monoisotopic (exact) mass is 279 g/mol. The van der Waals surface area contributed by atoms with Crippen LogP contribution in [-0.4, -0.2) is 10.8 Å². The zero-order valence-corrected chi connectivity index (χ0v) is 11.1. The van der Waals surface area contributed by atoms with Gasteiger partial charge in [0.15, 0.2) is 0 Å². The lowest BCUT2D eigenvalue weighted by atomic mass is 10.1. The Hall–Kier alpha value is -1.38. The van der Waals surface area contributed by atoms with Crippen LogP contribution in [0.4, 0.5) is 0 Å². The number of hydrogen-bond acceptors (Lipinski definition) is 2. The maximum atomic E-state index is 11.9. The second-order valence-electron chi connectivity index (χ2n) is 3.97. The van der Waals surface area contributed by atoms with Gasteiger partial charge >= 0.3 is 0 Å². The number of rotatable bonds is 4. The lowest BCUT2D eigenvalue weighted by Crippen LogP contribution is -2.07. The Morgan fingerprint density at radius 1 is 1.00 bits per heavy atom. The molecule has 0 bridgehead atoms. The van der Waals surface area contributed by atoms with Crippen LogP contribution < -0.4 is 0 Å². The van der Waals surface area contributed by atoms with Crippen molar-refractivity contribution < 1.29 is 4.79 Å². The molecule has 0 unspecified atom stereocenters. The van der Waals surface area contributed by atoms with Gasteiger partial charge in [-0.15, -0.1) is 0 Å². The summed E-state index contributed by atoms with van der Waals surface area (Å²) in [6.07, 6.45) is 0.675. The third-order valence-electron chi connectivity index (χ3n) is 2.47. The van der Waals surface area contributed by atoms with Crippen molar-refractivity contribution in [3.05, 3.63) is 63.9 Å². The van der Waals surface area contributed by atoms with E-state index in [0.717, 1.165) is 5.56 Å². The molecule has 0 aliphatic rings. The number of carbonyl (C=O) groups is 1. The van der Waals surface area contributed by atoms with Crippen LogP contribution >= 0.6 is 23.2 Å². The van der Waals surface area contributed by atoms with Gasteiger partial charge < -0.3 is 0 Å². The quantitative estimate of drug-likeness (QED) is 0.798. The molecule has 4 heteroatoms. The summed E-state index contributed by atoms with van der Waals surface area (Å²) in [7, 11) is 0.